The van der Waals surface area contributed by atoms with Crippen molar-refractivity contribution in [3.8, 4) is 0 Å². The molecule has 2 rings (SSSR count). The smallest absolute Gasteiger partial charge is 0.396 e. The molecule has 0 spiro atoms. The number of aromatic nitrogens is 2. The quantitative estimate of drug-likeness (QED) is 0.842. The van der Waals surface area contributed by atoms with Gasteiger partial charge in [0.05, 0.1) is 18.4 Å². The Hall–Kier alpha value is -2.05. The fraction of sp³-hybridized carbons (Fsp3) is 0.182. The van der Waals surface area contributed by atoms with Gasteiger partial charge in [-0.15, -0.1) is 0 Å². The molecule has 0 bridgehead atoms. The largest absolute Gasteiger partial charge is 0.435 e. The Morgan fingerprint density at radius 1 is 1.28 bits per heavy atom. The molecular formula is C11H9F4N3. The van der Waals surface area contributed by atoms with Crippen molar-refractivity contribution in [3.05, 3.63) is 47.5 Å². The summed E-state index contributed by atoms with van der Waals surface area (Å²) >= 11 is 0. The van der Waals surface area contributed by atoms with E-state index in [-0.39, 0.29) is 6.54 Å². The van der Waals surface area contributed by atoms with E-state index in [2.05, 4.69) is 5.10 Å². The van der Waals surface area contributed by atoms with Gasteiger partial charge in [0.2, 0.25) is 0 Å². The molecule has 18 heavy (non-hydrogen) atoms. The predicted molar refractivity (Wildman–Crippen MR) is 57.1 cm³/mol. The summed E-state index contributed by atoms with van der Waals surface area (Å²) in [5.41, 5.74) is 4.15. The molecule has 0 aliphatic rings. The van der Waals surface area contributed by atoms with E-state index in [1.807, 2.05) is 0 Å². The first-order chi connectivity index (χ1) is 8.38. The number of nitrogens with two attached hydrogens (primary N) is 1. The molecule has 1 aromatic carbocycles. The van der Waals surface area contributed by atoms with Crippen LogP contribution in [0.2, 0.25) is 0 Å². The van der Waals surface area contributed by atoms with Crippen LogP contribution in [0.4, 0.5) is 23.2 Å². The molecule has 0 aliphatic heterocycles. The van der Waals surface area contributed by atoms with Crippen molar-refractivity contribution in [2.24, 2.45) is 0 Å². The SMILES string of the molecule is Nc1cnn(Cc2cccc(F)c2)c1C(F)(F)F. The minimum Gasteiger partial charge on any atom is -0.396 e. The minimum atomic E-state index is -4.59. The first kappa shape index (κ1) is 12.4. The number of hydrogen-bond acceptors (Lipinski definition) is 2. The lowest BCUT2D eigenvalue weighted by Gasteiger charge is -2.11. The molecule has 0 amide bonds. The van der Waals surface area contributed by atoms with Crippen molar-refractivity contribution >= 4 is 5.69 Å². The summed E-state index contributed by atoms with van der Waals surface area (Å²) in [5.74, 6) is -0.513. The molecule has 1 aromatic heterocycles. The van der Waals surface area contributed by atoms with E-state index < -0.39 is 23.4 Å². The summed E-state index contributed by atoms with van der Waals surface area (Å²) in [5, 5.41) is 3.56. The van der Waals surface area contributed by atoms with Crippen molar-refractivity contribution in [2.45, 2.75) is 12.7 Å². The number of nitrogen functional groups attached to an aromatic ring is 1. The van der Waals surface area contributed by atoms with Gasteiger partial charge < -0.3 is 5.73 Å². The monoisotopic (exact) mass is 259 g/mol. The molecular weight excluding hydrogens is 250 g/mol. The van der Waals surface area contributed by atoms with Crippen molar-refractivity contribution in [1.29, 1.82) is 0 Å². The van der Waals surface area contributed by atoms with Gasteiger partial charge in [-0.05, 0) is 17.7 Å². The van der Waals surface area contributed by atoms with Crippen LogP contribution in [0.1, 0.15) is 11.3 Å². The van der Waals surface area contributed by atoms with E-state index >= 15 is 0 Å². The maximum atomic E-state index is 12.9. The van der Waals surface area contributed by atoms with Gasteiger partial charge in [0.15, 0.2) is 5.69 Å². The molecule has 0 saturated carbocycles. The van der Waals surface area contributed by atoms with Gasteiger partial charge in [0.1, 0.15) is 5.82 Å². The third-order valence-electron chi connectivity index (χ3n) is 2.36. The van der Waals surface area contributed by atoms with Crippen molar-refractivity contribution in [1.82, 2.24) is 9.78 Å². The average Bonchev–Trinajstić information content (AvgIpc) is 2.59. The number of halogens is 4. The van der Waals surface area contributed by atoms with Crippen LogP contribution in [-0.4, -0.2) is 9.78 Å². The van der Waals surface area contributed by atoms with Gasteiger partial charge in [-0.1, -0.05) is 12.1 Å². The number of benzene rings is 1. The van der Waals surface area contributed by atoms with Crippen LogP contribution >= 0.6 is 0 Å². The molecule has 0 fully saturated rings. The van der Waals surface area contributed by atoms with Gasteiger partial charge >= 0.3 is 6.18 Å². The highest BCUT2D eigenvalue weighted by atomic mass is 19.4. The standard InChI is InChI=1S/C11H9F4N3/c12-8-3-1-2-7(4-8)6-18-10(11(13,14)15)9(16)5-17-18/h1-5H,6,16H2. The van der Waals surface area contributed by atoms with Crippen molar-refractivity contribution < 1.29 is 17.6 Å². The second kappa shape index (κ2) is 4.32. The summed E-state index contributed by atoms with van der Waals surface area (Å²) in [6, 6.07) is 5.30. The zero-order valence-corrected chi connectivity index (χ0v) is 9.08. The summed E-state index contributed by atoms with van der Waals surface area (Å²) in [6.07, 6.45) is -3.66. The summed E-state index contributed by atoms with van der Waals surface area (Å²) in [4.78, 5) is 0. The molecule has 0 atom stereocenters. The van der Waals surface area contributed by atoms with Crippen molar-refractivity contribution in [3.63, 3.8) is 0 Å². The molecule has 2 N–H and O–H groups in total. The Balaban J connectivity index is 2.36. The summed E-state index contributed by atoms with van der Waals surface area (Å²) < 4.78 is 51.8. The molecule has 7 heteroatoms. The van der Waals surface area contributed by atoms with E-state index in [1.54, 1.807) is 0 Å². The molecule has 0 saturated heterocycles. The minimum absolute atomic E-state index is 0.191. The summed E-state index contributed by atoms with van der Waals surface area (Å²) in [6.45, 7) is -0.191. The highest BCUT2D eigenvalue weighted by molar-refractivity contribution is 5.43. The number of hydrogen-bond donors (Lipinski definition) is 1. The highest BCUT2D eigenvalue weighted by Gasteiger charge is 2.37. The van der Waals surface area contributed by atoms with E-state index in [9.17, 15) is 17.6 Å². The zero-order valence-electron chi connectivity index (χ0n) is 9.08. The molecule has 0 unspecified atom stereocenters. The topological polar surface area (TPSA) is 43.8 Å². The highest BCUT2D eigenvalue weighted by Crippen LogP contribution is 2.33. The van der Waals surface area contributed by atoms with Gasteiger partial charge in [0.25, 0.3) is 0 Å². The maximum Gasteiger partial charge on any atom is 0.435 e. The van der Waals surface area contributed by atoms with Crippen LogP contribution in [0.15, 0.2) is 30.5 Å². The Morgan fingerprint density at radius 3 is 2.61 bits per heavy atom. The normalized spacial score (nSPS) is 11.8. The Kier molecular flexibility index (Phi) is 2.98. The van der Waals surface area contributed by atoms with E-state index in [0.29, 0.717) is 10.2 Å². The molecule has 1 heterocycles. The van der Waals surface area contributed by atoms with Crippen LogP contribution in [0.25, 0.3) is 0 Å². The molecule has 3 nitrogen and oxygen atoms in total. The van der Waals surface area contributed by atoms with Gasteiger partial charge in [-0.3, -0.25) is 4.68 Å². The van der Waals surface area contributed by atoms with Crippen LogP contribution < -0.4 is 5.73 Å². The third-order valence-corrected chi connectivity index (χ3v) is 2.36. The Bertz CT molecular complexity index is 560. The van der Waals surface area contributed by atoms with E-state index in [1.165, 1.54) is 18.2 Å². The summed E-state index contributed by atoms with van der Waals surface area (Å²) in [7, 11) is 0. The van der Waals surface area contributed by atoms with Crippen LogP contribution in [0.5, 0.6) is 0 Å². The zero-order chi connectivity index (χ0) is 13.3. The third kappa shape index (κ3) is 2.44. The lowest BCUT2D eigenvalue weighted by Crippen LogP contribution is -2.17. The lowest BCUT2D eigenvalue weighted by atomic mass is 10.2. The number of alkyl halides is 3. The fourth-order valence-corrected chi connectivity index (χ4v) is 1.64. The van der Waals surface area contributed by atoms with Crippen LogP contribution in [0.3, 0.4) is 0 Å². The first-order valence-electron chi connectivity index (χ1n) is 5.01. The number of rotatable bonds is 2. The molecule has 0 radical (unpaired) electrons. The Labute approximate surface area is 99.8 Å². The average molecular weight is 259 g/mol. The maximum absolute atomic E-state index is 12.9. The predicted octanol–water partition coefficient (Wildman–Crippen LogP) is 2.67. The Morgan fingerprint density at radius 2 is 2.00 bits per heavy atom. The molecule has 0 aliphatic carbocycles. The van der Waals surface area contributed by atoms with Crippen LogP contribution in [-0.2, 0) is 12.7 Å². The van der Waals surface area contributed by atoms with E-state index in [0.717, 1.165) is 12.3 Å². The number of nitrogens with zero attached hydrogens (tertiary/aromatic N) is 2. The van der Waals surface area contributed by atoms with Gasteiger partial charge in [0, 0.05) is 0 Å². The van der Waals surface area contributed by atoms with E-state index in [4.69, 9.17) is 5.73 Å². The fourth-order valence-electron chi connectivity index (χ4n) is 1.64. The van der Waals surface area contributed by atoms with Crippen LogP contribution in [0, 0.1) is 5.82 Å². The van der Waals surface area contributed by atoms with Gasteiger partial charge in [-0.25, -0.2) is 4.39 Å². The molecule has 2 aromatic rings. The number of anilines is 1. The lowest BCUT2D eigenvalue weighted by molar-refractivity contribution is -0.143. The second-order valence-electron chi connectivity index (χ2n) is 3.73. The first-order valence-corrected chi connectivity index (χ1v) is 5.01. The van der Waals surface area contributed by atoms with Gasteiger partial charge in [-0.2, -0.15) is 18.3 Å². The molecule has 96 valence electrons. The van der Waals surface area contributed by atoms with Crippen molar-refractivity contribution in [2.75, 3.05) is 5.73 Å². The second-order valence-corrected chi connectivity index (χ2v) is 3.73.